The van der Waals surface area contributed by atoms with Gasteiger partial charge in [0.1, 0.15) is 0 Å². The summed E-state index contributed by atoms with van der Waals surface area (Å²) in [5.74, 6) is 0. The second kappa shape index (κ2) is 4.24. The van der Waals surface area contributed by atoms with Crippen LogP contribution in [0.2, 0.25) is 0 Å². The van der Waals surface area contributed by atoms with Gasteiger partial charge in [-0.3, -0.25) is 0 Å². The zero-order valence-electron chi connectivity index (χ0n) is 7.14. The molecule has 2 atom stereocenters. The lowest BCUT2D eigenvalue weighted by Crippen LogP contribution is -2.24. The minimum atomic E-state index is -0.662. The van der Waals surface area contributed by atoms with E-state index in [0.717, 1.165) is 5.56 Å². The largest absolute Gasteiger partial charge is 0.391 e. The van der Waals surface area contributed by atoms with Crippen LogP contribution < -0.4 is 0 Å². The van der Waals surface area contributed by atoms with Crippen molar-refractivity contribution in [2.24, 2.45) is 0 Å². The number of aliphatic hydroxyl groups excluding tert-OH is 2. The molecule has 1 rings (SSSR count). The molecule has 0 bridgehead atoms. The van der Waals surface area contributed by atoms with Crippen LogP contribution in [-0.4, -0.2) is 22.4 Å². The molecule has 1 aromatic rings. The summed E-state index contributed by atoms with van der Waals surface area (Å²) >= 11 is 0. The van der Waals surface area contributed by atoms with Gasteiger partial charge in [-0.15, -0.1) is 0 Å². The zero-order chi connectivity index (χ0) is 8.97. The van der Waals surface area contributed by atoms with Crippen molar-refractivity contribution in [1.82, 2.24) is 0 Å². The molecule has 0 aromatic heterocycles. The van der Waals surface area contributed by atoms with Crippen LogP contribution in [0.3, 0.4) is 0 Å². The fourth-order valence-electron chi connectivity index (χ4n) is 1.03. The minimum absolute atomic E-state index is 0.512. The summed E-state index contributed by atoms with van der Waals surface area (Å²) < 4.78 is 0. The summed E-state index contributed by atoms with van der Waals surface area (Å²) in [6, 6.07) is 9.64. The van der Waals surface area contributed by atoms with Crippen LogP contribution >= 0.6 is 0 Å². The number of hydrogen-bond donors (Lipinski definition) is 2. The van der Waals surface area contributed by atoms with Crippen molar-refractivity contribution < 1.29 is 10.2 Å². The maximum atomic E-state index is 9.33. The Kier molecular flexibility index (Phi) is 3.26. The molecule has 0 aliphatic carbocycles. The molecule has 0 radical (unpaired) electrons. The van der Waals surface area contributed by atoms with Crippen LogP contribution in [0.25, 0.3) is 0 Å². The Morgan fingerprint density at radius 1 is 1.17 bits per heavy atom. The smallest absolute Gasteiger partial charge is 0.0836 e. The molecular formula is C10H14O2. The van der Waals surface area contributed by atoms with E-state index in [2.05, 4.69) is 0 Å². The summed E-state index contributed by atoms with van der Waals surface area (Å²) in [5, 5.41) is 18.4. The predicted octanol–water partition coefficient (Wildman–Crippen LogP) is 0.971. The van der Waals surface area contributed by atoms with Crippen LogP contribution in [0.15, 0.2) is 30.3 Å². The van der Waals surface area contributed by atoms with Crippen molar-refractivity contribution in [2.45, 2.75) is 25.6 Å². The number of benzene rings is 1. The van der Waals surface area contributed by atoms with Gasteiger partial charge in [-0.2, -0.15) is 0 Å². The highest BCUT2D eigenvalue weighted by Gasteiger charge is 2.10. The Bertz CT molecular complexity index is 219. The van der Waals surface area contributed by atoms with Crippen molar-refractivity contribution in [2.75, 3.05) is 0 Å². The quantitative estimate of drug-likeness (QED) is 0.702. The standard InChI is InChI=1S/C10H14O2/c1-8(11)10(12)7-9-5-3-2-4-6-9/h2-6,8,10-12H,7H2,1H3/t8?,10-/m0/s1. The highest BCUT2D eigenvalue weighted by atomic mass is 16.3. The van der Waals surface area contributed by atoms with Crippen molar-refractivity contribution in [3.05, 3.63) is 35.9 Å². The minimum Gasteiger partial charge on any atom is -0.391 e. The molecule has 0 heterocycles. The van der Waals surface area contributed by atoms with Gasteiger partial charge in [0.25, 0.3) is 0 Å². The first kappa shape index (κ1) is 9.23. The lowest BCUT2D eigenvalue weighted by molar-refractivity contribution is 0.0320. The SMILES string of the molecule is CC(O)[C@@H](O)Cc1ccccc1. The first-order valence-electron chi connectivity index (χ1n) is 4.10. The number of hydrogen-bond acceptors (Lipinski definition) is 2. The molecule has 12 heavy (non-hydrogen) atoms. The topological polar surface area (TPSA) is 40.5 Å². The normalized spacial score (nSPS) is 15.6. The third-order valence-corrected chi connectivity index (χ3v) is 1.84. The molecule has 0 spiro atoms. The third kappa shape index (κ3) is 2.64. The van der Waals surface area contributed by atoms with Gasteiger partial charge in [0.2, 0.25) is 0 Å². The monoisotopic (exact) mass is 166 g/mol. The highest BCUT2D eigenvalue weighted by molar-refractivity contribution is 5.15. The van der Waals surface area contributed by atoms with Gasteiger partial charge in [-0.25, -0.2) is 0 Å². The maximum Gasteiger partial charge on any atom is 0.0836 e. The van der Waals surface area contributed by atoms with E-state index >= 15 is 0 Å². The number of aliphatic hydroxyl groups is 2. The lowest BCUT2D eigenvalue weighted by atomic mass is 10.1. The maximum absolute atomic E-state index is 9.33. The summed E-state index contributed by atoms with van der Waals surface area (Å²) in [7, 11) is 0. The molecule has 0 aliphatic heterocycles. The second-order valence-corrected chi connectivity index (χ2v) is 3.00. The van der Waals surface area contributed by atoms with Gasteiger partial charge in [0.05, 0.1) is 12.2 Å². The van der Waals surface area contributed by atoms with Crippen LogP contribution in [0, 0.1) is 0 Å². The Balaban J connectivity index is 2.53. The van der Waals surface area contributed by atoms with E-state index < -0.39 is 12.2 Å². The molecule has 0 aliphatic rings. The predicted molar refractivity (Wildman–Crippen MR) is 47.8 cm³/mol. The second-order valence-electron chi connectivity index (χ2n) is 3.00. The van der Waals surface area contributed by atoms with E-state index in [-0.39, 0.29) is 0 Å². The van der Waals surface area contributed by atoms with Crippen LogP contribution in [0.1, 0.15) is 12.5 Å². The fourth-order valence-corrected chi connectivity index (χ4v) is 1.03. The van der Waals surface area contributed by atoms with Crippen LogP contribution in [-0.2, 0) is 6.42 Å². The molecule has 1 aromatic carbocycles. The molecule has 66 valence electrons. The van der Waals surface area contributed by atoms with Crippen molar-refractivity contribution >= 4 is 0 Å². The van der Waals surface area contributed by atoms with Crippen LogP contribution in [0.5, 0.6) is 0 Å². The molecule has 1 unspecified atom stereocenters. The lowest BCUT2D eigenvalue weighted by Gasteiger charge is -2.12. The first-order valence-corrected chi connectivity index (χ1v) is 4.10. The number of rotatable bonds is 3. The van der Waals surface area contributed by atoms with Gasteiger partial charge in [0, 0.05) is 6.42 Å². The van der Waals surface area contributed by atoms with E-state index in [9.17, 15) is 5.11 Å². The fraction of sp³-hybridized carbons (Fsp3) is 0.400. The summed E-state index contributed by atoms with van der Waals surface area (Å²) in [5.41, 5.74) is 1.05. The van der Waals surface area contributed by atoms with Gasteiger partial charge >= 0.3 is 0 Å². The summed E-state index contributed by atoms with van der Waals surface area (Å²) in [6.07, 6.45) is -0.809. The van der Waals surface area contributed by atoms with E-state index in [1.54, 1.807) is 6.92 Å². The third-order valence-electron chi connectivity index (χ3n) is 1.84. The Labute approximate surface area is 72.5 Å². The average molecular weight is 166 g/mol. The van der Waals surface area contributed by atoms with Crippen molar-refractivity contribution in [3.63, 3.8) is 0 Å². The molecule has 0 amide bonds. The molecule has 0 fully saturated rings. The van der Waals surface area contributed by atoms with Crippen molar-refractivity contribution in [1.29, 1.82) is 0 Å². The van der Waals surface area contributed by atoms with Gasteiger partial charge in [-0.1, -0.05) is 30.3 Å². The van der Waals surface area contributed by atoms with Gasteiger partial charge in [-0.05, 0) is 12.5 Å². The first-order chi connectivity index (χ1) is 5.70. The van der Waals surface area contributed by atoms with E-state index in [0.29, 0.717) is 6.42 Å². The zero-order valence-corrected chi connectivity index (χ0v) is 7.14. The van der Waals surface area contributed by atoms with Gasteiger partial charge < -0.3 is 10.2 Å². The molecule has 0 saturated carbocycles. The van der Waals surface area contributed by atoms with Crippen LogP contribution in [0.4, 0.5) is 0 Å². The molecule has 2 nitrogen and oxygen atoms in total. The highest BCUT2D eigenvalue weighted by Crippen LogP contribution is 2.05. The summed E-state index contributed by atoms with van der Waals surface area (Å²) in [6.45, 7) is 1.59. The molecular weight excluding hydrogens is 152 g/mol. The molecule has 0 saturated heterocycles. The van der Waals surface area contributed by atoms with E-state index in [4.69, 9.17) is 5.11 Å². The Morgan fingerprint density at radius 2 is 1.75 bits per heavy atom. The van der Waals surface area contributed by atoms with E-state index in [1.807, 2.05) is 30.3 Å². The summed E-state index contributed by atoms with van der Waals surface area (Å²) in [4.78, 5) is 0. The molecule has 2 N–H and O–H groups in total. The molecule has 2 heteroatoms. The van der Waals surface area contributed by atoms with Gasteiger partial charge in [0.15, 0.2) is 0 Å². The van der Waals surface area contributed by atoms with Crippen molar-refractivity contribution in [3.8, 4) is 0 Å². The van der Waals surface area contributed by atoms with E-state index in [1.165, 1.54) is 0 Å². The Hall–Kier alpha value is -0.860. The average Bonchev–Trinajstić information content (AvgIpc) is 2.06. The Morgan fingerprint density at radius 3 is 2.25 bits per heavy atom.